The van der Waals surface area contributed by atoms with Gasteiger partial charge in [0.15, 0.2) is 17.6 Å². The zero-order valence-electron chi connectivity index (χ0n) is 21.1. The van der Waals surface area contributed by atoms with Gasteiger partial charge >= 0.3 is 5.97 Å². The van der Waals surface area contributed by atoms with Crippen LogP contribution in [0.15, 0.2) is 48.5 Å². The minimum Gasteiger partial charge on any atom is -0.493 e. The summed E-state index contributed by atoms with van der Waals surface area (Å²) in [5.74, 6) is 0.979. The predicted octanol–water partition coefficient (Wildman–Crippen LogP) is 6.87. The molecule has 184 valence electrons. The number of ether oxygens (including phenoxy) is 4. The lowest BCUT2D eigenvalue weighted by Crippen LogP contribution is -2.25. The van der Waals surface area contributed by atoms with Gasteiger partial charge in [-0.25, -0.2) is 4.79 Å². The van der Waals surface area contributed by atoms with Crippen LogP contribution in [0.25, 0.3) is 0 Å². The van der Waals surface area contributed by atoms with Crippen LogP contribution in [0.5, 0.6) is 11.5 Å². The summed E-state index contributed by atoms with van der Waals surface area (Å²) >= 11 is 1.75. The molecule has 6 heteroatoms. The first-order valence-corrected chi connectivity index (χ1v) is 13.0. The monoisotopic (exact) mass is 476 g/mol. The fourth-order valence-electron chi connectivity index (χ4n) is 3.92. The highest BCUT2D eigenvalue weighted by molar-refractivity contribution is 7.97. The second-order valence-electron chi connectivity index (χ2n) is 7.71. The summed E-state index contributed by atoms with van der Waals surface area (Å²) in [5.41, 5.74) is 1.59. The maximum Gasteiger partial charge on any atom is 0.340 e. The number of benzene rings is 2. The van der Waals surface area contributed by atoms with E-state index in [0.29, 0.717) is 11.5 Å². The van der Waals surface area contributed by atoms with Gasteiger partial charge in [-0.1, -0.05) is 69.2 Å². The van der Waals surface area contributed by atoms with Crippen molar-refractivity contribution in [2.24, 2.45) is 5.92 Å². The van der Waals surface area contributed by atoms with Crippen molar-refractivity contribution in [3.8, 4) is 11.5 Å². The number of methoxy groups -OCH3 is 3. The van der Waals surface area contributed by atoms with E-state index in [2.05, 4.69) is 13.8 Å². The summed E-state index contributed by atoms with van der Waals surface area (Å²) in [6.45, 7) is 4.29. The van der Waals surface area contributed by atoms with Crippen molar-refractivity contribution in [2.45, 2.75) is 51.7 Å². The molecule has 0 amide bonds. The normalized spacial score (nSPS) is 12.4. The molecule has 0 saturated carbocycles. The highest BCUT2D eigenvalue weighted by Crippen LogP contribution is 2.42. The Bertz CT molecular complexity index is 790. The number of hydrogen-bond acceptors (Lipinski definition) is 6. The molecule has 0 fully saturated rings. The molecule has 0 aliphatic heterocycles. The molecule has 0 radical (unpaired) electrons. The molecule has 2 rings (SSSR count). The first kappa shape index (κ1) is 28.9. The van der Waals surface area contributed by atoms with Gasteiger partial charge in [0.25, 0.3) is 0 Å². The molecule has 2 unspecified atom stereocenters. The number of hydrogen-bond donors (Lipinski definition) is 0. The number of esters is 1. The Kier molecular flexibility index (Phi) is 14.4. The second-order valence-corrected chi connectivity index (χ2v) is 8.53. The third-order valence-electron chi connectivity index (χ3n) is 5.28. The van der Waals surface area contributed by atoms with Crippen LogP contribution in [0.2, 0.25) is 0 Å². The molecule has 0 spiro atoms. The SMILES string of the molecule is CCCC(CCC)C(OC(=O)C(OC)c1ccccc1)c1cccc(OC)c1OC.CSC. The quantitative estimate of drug-likeness (QED) is 0.312. The molecule has 0 heterocycles. The average Bonchev–Trinajstić information content (AvgIpc) is 2.83. The molecule has 0 aromatic heterocycles. The Labute approximate surface area is 204 Å². The first-order chi connectivity index (χ1) is 16.0. The van der Waals surface area contributed by atoms with E-state index in [4.69, 9.17) is 18.9 Å². The van der Waals surface area contributed by atoms with Gasteiger partial charge in [-0.05, 0) is 37.0 Å². The van der Waals surface area contributed by atoms with Crippen LogP contribution in [0.1, 0.15) is 62.9 Å². The van der Waals surface area contributed by atoms with Gasteiger partial charge in [-0.3, -0.25) is 0 Å². The molecule has 0 N–H and O–H groups in total. The number of para-hydroxylation sites is 1. The van der Waals surface area contributed by atoms with Crippen LogP contribution in [0, 0.1) is 5.92 Å². The minimum atomic E-state index is -0.783. The Morgan fingerprint density at radius 1 is 0.879 bits per heavy atom. The number of carbonyl (C=O) groups excluding carboxylic acids is 1. The third-order valence-corrected chi connectivity index (χ3v) is 5.28. The van der Waals surface area contributed by atoms with Crippen molar-refractivity contribution >= 4 is 17.7 Å². The van der Waals surface area contributed by atoms with Crippen molar-refractivity contribution in [1.29, 1.82) is 0 Å². The maximum absolute atomic E-state index is 13.2. The van der Waals surface area contributed by atoms with Crippen LogP contribution >= 0.6 is 11.8 Å². The number of thioether (sulfide) groups is 1. The van der Waals surface area contributed by atoms with Gasteiger partial charge in [0.1, 0.15) is 6.10 Å². The van der Waals surface area contributed by atoms with E-state index in [0.717, 1.165) is 36.8 Å². The van der Waals surface area contributed by atoms with Gasteiger partial charge in [-0.2, -0.15) is 11.8 Å². The topological polar surface area (TPSA) is 54.0 Å². The van der Waals surface area contributed by atoms with Crippen molar-refractivity contribution in [3.05, 3.63) is 59.7 Å². The summed E-state index contributed by atoms with van der Waals surface area (Å²) in [6, 6.07) is 15.1. The molecule has 33 heavy (non-hydrogen) atoms. The Morgan fingerprint density at radius 2 is 1.48 bits per heavy atom. The highest BCUT2D eigenvalue weighted by atomic mass is 32.2. The van der Waals surface area contributed by atoms with Gasteiger partial charge in [0.2, 0.25) is 0 Å². The Balaban J connectivity index is 0.00000172. The summed E-state index contributed by atoms with van der Waals surface area (Å²) in [6.07, 6.45) is 6.72. The number of carbonyl (C=O) groups is 1. The lowest BCUT2D eigenvalue weighted by molar-refractivity contribution is -0.165. The molecule has 2 aromatic carbocycles. The van der Waals surface area contributed by atoms with Crippen LogP contribution in [-0.4, -0.2) is 39.8 Å². The van der Waals surface area contributed by atoms with Gasteiger partial charge in [0, 0.05) is 18.6 Å². The van der Waals surface area contributed by atoms with Crippen molar-refractivity contribution in [2.75, 3.05) is 33.8 Å². The van der Waals surface area contributed by atoms with Crippen LogP contribution in [-0.2, 0) is 14.3 Å². The van der Waals surface area contributed by atoms with E-state index in [-0.39, 0.29) is 5.92 Å². The zero-order valence-corrected chi connectivity index (χ0v) is 21.9. The molecule has 2 aromatic rings. The molecule has 0 aliphatic carbocycles. The first-order valence-electron chi connectivity index (χ1n) is 11.4. The molecular formula is C27H40O5S. The van der Waals surface area contributed by atoms with E-state index in [1.807, 2.05) is 61.0 Å². The largest absolute Gasteiger partial charge is 0.493 e. The van der Waals surface area contributed by atoms with Gasteiger partial charge in [0.05, 0.1) is 14.2 Å². The van der Waals surface area contributed by atoms with Crippen molar-refractivity contribution < 1.29 is 23.7 Å². The smallest absolute Gasteiger partial charge is 0.340 e. The highest BCUT2D eigenvalue weighted by Gasteiger charge is 2.33. The van der Waals surface area contributed by atoms with Crippen LogP contribution < -0.4 is 9.47 Å². The van der Waals surface area contributed by atoms with E-state index in [1.54, 1.807) is 26.0 Å². The summed E-state index contributed by atoms with van der Waals surface area (Å²) < 4.78 is 22.8. The molecule has 0 bridgehead atoms. The van der Waals surface area contributed by atoms with Crippen LogP contribution in [0.4, 0.5) is 0 Å². The lowest BCUT2D eigenvalue weighted by atomic mass is 9.87. The van der Waals surface area contributed by atoms with E-state index >= 15 is 0 Å². The van der Waals surface area contributed by atoms with E-state index in [1.165, 1.54) is 7.11 Å². The van der Waals surface area contributed by atoms with Crippen molar-refractivity contribution in [3.63, 3.8) is 0 Å². The van der Waals surface area contributed by atoms with Gasteiger partial charge < -0.3 is 18.9 Å². The Morgan fingerprint density at radius 3 is 1.97 bits per heavy atom. The predicted molar refractivity (Wildman–Crippen MR) is 137 cm³/mol. The molecule has 5 nitrogen and oxygen atoms in total. The average molecular weight is 477 g/mol. The lowest BCUT2D eigenvalue weighted by Gasteiger charge is -2.30. The van der Waals surface area contributed by atoms with E-state index < -0.39 is 18.2 Å². The van der Waals surface area contributed by atoms with Gasteiger partial charge in [-0.15, -0.1) is 0 Å². The summed E-state index contributed by atoms with van der Waals surface area (Å²) in [4.78, 5) is 13.2. The zero-order chi connectivity index (χ0) is 24.6. The summed E-state index contributed by atoms with van der Waals surface area (Å²) in [5, 5.41) is 0. The van der Waals surface area contributed by atoms with Crippen molar-refractivity contribution in [1.82, 2.24) is 0 Å². The second kappa shape index (κ2) is 16.4. The number of rotatable bonds is 12. The molecule has 2 atom stereocenters. The Hall–Kier alpha value is -2.18. The summed E-state index contributed by atoms with van der Waals surface area (Å²) in [7, 11) is 4.74. The third kappa shape index (κ3) is 8.59. The fraction of sp³-hybridized carbons (Fsp3) is 0.519. The molecule has 0 saturated heterocycles. The standard InChI is InChI=1S/C25H34O5.C2H6S/c1-6-12-18(13-7-2)22(20-16-11-17-21(27-3)24(20)29-5)30-25(26)23(28-4)19-14-9-8-10-15-19;1-3-2/h8-11,14-18,22-23H,6-7,12-13H2,1-5H3;1-2H3. The minimum absolute atomic E-state index is 0.165. The molecule has 0 aliphatic rings. The fourth-order valence-corrected chi connectivity index (χ4v) is 3.92. The maximum atomic E-state index is 13.2. The molecular weight excluding hydrogens is 436 g/mol. The van der Waals surface area contributed by atoms with Crippen LogP contribution in [0.3, 0.4) is 0 Å². The van der Waals surface area contributed by atoms with E-state index in [9.17, 15) is 4.79 Å².